The van der Waals surface area contributed by atoms with Gasteiger partial charge in [0.15, 0.2) is 0 Å². The maximum atomic E-state index is 11.9. The topological polar surface area (TPSA) is 86.3 Å². The van der Waals surface area contributed by atoms with Crippen molar-refractivity contribution in [1.82, 2.24) is 0 Å². The number of carbonyl (C=O) groups is 1. The van der Waals surface area contributed by atoms with Crippen LogP contribution in [-0.2, 0) is 10.0 Å². The summed E-state index contributed by atoms with van der Waals surface area (Å²) in [5.41, 5.74) is 0.103. The quantitative estimate of drug-likeness (QED) is 0.903. The van der Waals surface area contributed by atoms with E-state index in [0.717, 1.165) is 11.3 Å². The van der Waals surface area contributed by atoms with Gasteiger partial charge in [0.05, 0.1) is 5.97 Å². The van der Waals surface area contributed by atoms with Crippen LogP contribution in [0.1, 0.15) is 10.4 Å². The minimum atomic E-state index is -3.66. The molecule has 2 aromatic rings. The maximum absolute atomic E-state index is 11.9. The van der Waals surface area contributed by atoms with Crippen molar-refractivity contribution in [3.05, 3.63) is 47.3 Å². The third kappa shape index (κ3) is 2.69. The van der Waals surface area contributed by atoms with Gasteiger partial charge in [-0.2, -0.15) is 0 Å². The lowest BCUT2D eigenvalue weighted by Crippen LogP contribution is -2.22. The fraction of sp³-hybridized carbons (Fsp3) is 0. The molecule has 0 aliphatic carbocycles. The van der Waals surface area contributed by atoms with E-state index in [9.17, 15) is 18.3 Å². The molecule has 1 N–H and O–H groups in total. The third-order valence-corrected chi connectivity index (χ3v) is 4.89. The van der Waals surface area contributed by atoms with E-state index in [4.69, 9.17) is 0 Å². The van der Waals surface area contributed by atoms with Crippen molar-refractivity contribution in [1.29, 1.82) is 0 Å². The average molecular weight is 282 g/mol. The van der Waals surface area contributed by atoms with Gasteiger partial charge in [0.25, 0.3) is 10.0 Å². The molecule has 0 saturated heterocycles. The molecule has 1 aromatic carbocycles. The molecule has 0 radical (unpaired) electrons. The van der Waals surface area contributed by atoms with Gasteiger partial charge in [0.1, 0.15) is 4.21 Å². The second-order valence-electron chi connectivity index (χ2n) is 3.41. The SMILES string of the molecule is O=C([O-])c1cccc(NS(=O)(=O)c2cccs2)c1. The van der Waals surface area contributed by atoms with Crippen molar-refractivity contribution in [3.63, 3.8) is 0 Å². The highest BCUT2D eigenvalue weighted by molar-refractivity contribution is 7.94. The van der Waals surface area contributed by atoms with E-state index in [0.29, 0.717) is 0 Å². The molecule has 0 saturated carbocycles. The van der Waals surface area contributed by atoms with Crippen LogP contribution in [0, 0.1) is 0 Å². The summed E-state index contributed by atoms with van der Waals surface area (Å²) in [4.78, 5) is 10.7. The molecule has 18 heavy (non-hydrogen) atoms. The van der Waals surface area contributed by atoms with Gasteiger partial charge in [-0.05, 0) is 29.1 Å². The van der Waals surface area contributed by atoms with Crippen molar-refractivity contribution in [2.75, 3.05) is 4.72 Å². The number of carbonyl (C=O) groups excluding carboxylic acids is 1. The normalized spacial score (nSPS) is 11.1. The number of carboxylic acids is 1. The van der Waals surface area contributed by atoms with Crippen LogP contribution < -0.4 is 9.83 Å². The highest BCUT2D eigenvalue weighted by atomic mass is 32.2. The van der Waals surface area contributed by atoms with Crippen molar-refractivity contribution in [2.45, 2.75) is 4.21 Å². The Morgan fingerprint density at radius 2 is 2.00 bits per heavy atom. The summed E-state index contributed by atoms with van der Waals surface area (Å²) < 4.78 is 26.2. The van der Waals surface area contributed by atoms with Gasteiger partial charge in [-0.1, -0.05) is 18.2 Å². The minimum absolute atomic E-state index is 0.0821. The van der Waals surface area contributed by atoms with Gasteiger partial charge >= 0.3 is 0 Å². The molecule has 0 unspecified atom stereocenters. The number of anilines is 1. The summed E-state index contributed by atoms with van der Waals surface area (Å²) in [5.74, 6) is -1.35. The first kappa shape index (κ1) is 12.6. The van der Waals surface area contributed by atoms with Crippen molar-refractivity contribution in [3.8, 4) is 0 Å². The van der Waals surface area contributed by atoms with E-state index in [2.05, 4.69) is 4.72 Å². The van der Waals surface area contributed by atoms with E-state index < -0.39 is 16.0 Å². The highest BCUT2D eigenvalue weighted by Gasteiger charge is 2.15. The lowest BCUT2D eigenvalue weighted by Gasteiger charge is -2.08. The van der Waals surface area contributed by atoms with Crippen molar-refractivity contribution in [2.24, 2.45) is 0 Å². The van der Waals surface area contributed by atoms with Crippen LogP contribution in [0.2, 0.25) is 0 Å². The molecule has 0 fully saturated rings. The van der Waals surface area contributed by atoms with Gasteiger partial charge in [0, 0.05) is 5.69 Å². The smallest absolute Gasteiger partial charge is 0.271 e. The molecule has 7 heteroatoms. The lowest BCUT2D eigenvalue weighted by molar-refractivity contribution is -0.255. The van der Waals surface area contributed by atoms with E-state index in [1.165, 1.54) is 30.3 Å². The standard InChI is InChI=1S/C11H9NO4S2/c13-11(14)8-3-1-4-9(7-8)12-18(15,16)10-5-2-6-17-10/h1-7,12H,(H,13,14)/p-1. The molecule has 0 spiro atoms. The van der Waals surface area contributed by atoms with Gasteiger partial charge in [-0.15, -0.1) is 11.3 Å². The molecule has 0 atom stereocenters. The minimum Gasteiger partial charge on any atom is -0.545 e. The zero-order chi connectivity index (χ0) is 13.2. The maximum Gasteiger partial charge on any atom is 0.271 e. The summed E-state index contributed by atoms with van der Waals surface area (Å²) in [7, 11) is -3.66. The van der Waals surface area contributed by atoms with E-state index in [1.54, 1.807) is 11.4 Å². The van der Waals surface area contributed by atoms with Crippen LogP contribution in [-0.4, -0.2) is 14.4 Å². The molecule has 1 aromatic heterocycles. The predicted molar refractivity (Wildman–Crippen MR) is 65.9 cm³/mol. The summed E-state index contributed by atoms with van der Waals surface area (Å²) in [6.45, 7) is 0. The molecule has 1 heterocycles. The molecule has 0 aliphatic rings. The van der Waals surface area contributed by atoms with Gasteiger partial charge in [-0.3, -0.25) is 4.72 Å². The van der Waals surface area contributed by atoms with Gasteiger partial charge < -0.3 is 9.90 Å². The molecular weight excluding hydrogens is 274 g/mol. The second kappa shape index (κ2) is 4.79. The Hall–Kier alpha value is -1.86. The highest BCUT2D eigenvalue weighted by Crippen LogP contribution is 2.20. The largest absolute Gasteiger partial charge is 0.545 e. The fourth-order valence-corrected chi connectivity index (χ4v) is 3.37. The number of sulfonamides is 1. The van der Waals surface area contributed by atoms with Crippen molar-refractivity contribution >= 4 is 33.0 Å². The van der Waals surface area contributed by atoms with Crippen LogP contribution in [0.3, 0.4) is 0 Å². The number of carboxylic acid groups (broad SMARTS) is 1. The number of hydrogen-bond donors (Lipinski definition) is 1. The predicted octanol–water partition coefficient (Wildman–Crippen LogP) is 0.912. The molecule has 0 amide bonds. The Morgan fingerprint density at radius 3 is 2.61 bits per heavy atom. The Bertz CT molecular complexity index is 662. The van der Waals surface area contributed by atoms with E-state index in [1.807, 2.05) is 0 Å². The second-order valence-corrected chi connectivity index (χ2v) is 6.26. The number of aromatic carboxylic acids is 1. The Labute approximate surface area is 108 Å². The molecule has 0 aliphatic heterocycles. The van der Waals surface area contributed by atoms with Crippen LogP contribution in [0.5, 0.6) is 0 Å². The Kier molecular flexibility index (Phi) is 3.35. The summed E-state index contributed by atoms with van der Waals surface area (Å²) >= 11 is 1.08. The van der Waals surface area contributed by atoms with Crippen LogP contribution >= 0.6 is 11.3 Å². The molecule has 94 valence electrons. The third-order valence-electron chi connectivity index (χ3n) is 2.11. The van der Waals surface area contributed by atoms with Gasteiger partial charge in [0.2, 0.25) is 0 Å². The van der Waals surface area contributed by atoms with E-state index in [-0.39, 0.29) is 15.5 Å². The number of hydrogen-bond acceptors (Lipinski definition) is 5. The number of thiophene rings is 1. The molecule has 0 bridgehead atoms. The number of benzene rings is 1. The Balaban J connectivity index is 2.30. The zero-order valence-electron chi connectivity index (χ0n) is 8.99. The summed E-state index contributed by atoms with van der Waals surface area (Å²) in [5, 5.41) is 12.3. The van der Waals surface area contributed by atoms with Gasteiger partial charge in [-0.25, -0.2) is 8.42 Å². The van der Waals surface area contributed by atoms with Crippen LogP contribution in [0.25, 0.3) is 0 Å². The average Bonchev–Trinajstić information content (AvgIpc) is 2.82. The molecular formula is C11H8NO4S2-. The van der Waals surface area contributed by atoms with Crippen LogP contribution in [0.15, 0.2) is 46.0 Å². The zero-order valence-corrected chi connectivity index (χ0v) is 10.6. The number of nitrogens with one attached hydrogen (secondary N) is 1. The fourth-order valence-electron chi connectivity index (χ4n) is 1.33. The Morgan fingerprint density at radius 1 is 1.22 bits per heavy atom. The summed E-state index contributed by atoms with van der Waals surface area (Å²) in [6, 6.07) is 8.54. The summed E-state index contributed by atoms with van der Waals surface area (Å²) in [6.07, 6.45) is 0. The monoisotopic (exact) mass is 282 g/mol. The first-order chi connectivity index (χ1) is 8.49. The first-order valence-corrected chi connectivity index (χ1v) is 7.23. The number of rotatable bonds is 4. The first-order valence-electron chi connectivity index (χ1n) is 4.87. The van der Waals surface area contributed by atoms with Crippen LogP contribution in [0.4, 0.5) is 5.69 Å². The molecule has 5 nitrogen and oxygen atoms in total. The lowest BCUT2D eigenvalue weighted by atomic mass is 10.2. The molecule has 2 rings (SSSR count). The van der Waals surface area contributed by atoms with E-state index >= 15 is 0 Å². The van der Waals surface area contributed by atoms with Crippen molar-refractivity contribution < 1.29 is 18.3 Å².